The summed E-state index contributed by atoms with van der Waals surface area (Å²) in [6.45, 7) is 3.62. The molecule has 1 amide bonds. The Morgan fingerprint density at radius 3 is 2.88 bits per heavy atom. The topological polar surface area (TPSA) is 32.3 Å². The van der Waals surface area contributed by atoms with E-state index in [2.05, 4.69) is 12.2 Å². The maximum atomic E-state index is 10.0. The van der Waals surface area contributed by atoms with Crippen LogP contribution in [0.4, 0.5) is 0 Å². The first-order chi connectivity index (χ1) is 3.83. The Kier molecular flexibility index (Phi) is 1.48. The third-order valence-electron chi connectivity index (χ3n) is 1.30. The number of carbonyl (C=O) groups excluding carboxylic acids is 1. The lowest BCUT2D eigenvalue weighted by atomic mass is 10.4. The first kappa shape index (κ1) is 5.56. The molecule has 1 atom stereocenters. The Balaban J connectivity index is 2.32. The molecule has 0 aromatic carbocycles. The standard InChI is InChI=1S/C5H10N2O/c1-5-2-7(4-8)3-6-5/h4-6H,2-3H2,1H3. The van der Waals surface area contributed by atoms with Crippen LogP contribution >= 0.6 is 0 Å². The molecule has 1 unspecified atom stereocenters. The molecule has 1 saturated heterocycles. The summed E-state index contributed by atoms with van der Waals surface area (Å²) in [6.07, 6.45) is 0.872. The van der Waals surface area contributed by atoms with Gasteiger partial charge in [-0.05, 0) is 6.92 Å². The van der Waals surface area contributed by atoms with Crippen molar-refractivity contribution in [1.82, 2.24) is 10.2 Å². The van der Waals surface area contributed by atoms with Crippen molar-refractivity contribution in [2.24, 2.45) is 0 Å². The minimum Gasteiger partial charge on any atom is -0.331 e. The number of rotatable bonds is 1. The average Bonchev–Trinajstić information content (AvgIpc) is 2.14. The second-order valence-corrected chi connectivity index (χ2v) is 2.14. The number of hydrogen-bond acceptors (Lipinski definition) is 2. The third kappa shape index (κ3) is 0.980. The molecule has 1 heterocycles. The van der Waals surface area contributed by atoms with E-state index in [0.717, 1.165) is 13.0 Å². The maximum absolute atomic E-state index is 10.0. The fourth-order valence-electron chi connectivity index (χ4n) is 0.834. The van der Waals surface area contributed by atoms with Gasteiger partial charge in [-0.25, -0.2) is 0 Å². The molecule has 1 fully saturated rings. The Morgan fingerprint density at radius 2 is 2.62 bits per heavy atom. The van der Waals surface area contributed by atoms with E-state index in [0.29, 0.717) is 12.7 Å². The summed E-state index contributed by atoms with van der Waals surface area (Å²) >= 11 is 0. The number of carbonyl (C=O) groups is 1. The lowest BCUT2D eigenvalue weighted by Crippen LogP contribution is -2.19. The van der Waals surface area contributed by atoms with E-state index >= 15 is 0 Å². The smallest absolute Gasteiger partial charge is 0.210 e. The summed E-state index contributed by atoms with van der Waals surface area (Å²) in [5.74, 6) is 0. The predicted octanol–water partition coefficient (Wildman–Crippen LogP) is -0.606. The van der Waals surface area contributed by atoms with Crippen LogP contribution in [0.25, 0.3) is 0 Å². The van der Waals surface area contributed by atoms with Crippen LogP contribution in [0.1, 0.15) is 6.92 Å². The van der Waals surface area contributed by atoms with E-state index in [4.69, 9.17) is 0 Å². The molecule has 0 spiro atoms. The largest absolute Gasteiger partial charge is 0.331 e. The number of nitrogens with one attached hydrogen (secondary N) is 1. The number of nitrogens with zero attached hydrogens (tertiary/aromatic N) is 1. The van der Waals surface area contributed by atoms with Gasteiger partial charge in [0.05, 0.1) is 6.67 Å². The Labute approximate surface area is 48.7 Å². The fourth-order valence-corrected chi connectivity index (χ4v) is 0.834. The first-order valence-electron chi connectivity index (χ1n) is 2.75. The first-order valence-corrected chi connectivity index (χ1v) is 2.75. The van der Waals surface area contributed by atoms with Gasteiger partial charge in [-0.15, -0.1) is 0 Å². The zero-order valence-corrected chi connectivity index (χ0v) is 4.92. The molecule has 1 aliphatic heterocycles. The van der Waals surface area contributed by atoms with Crippen LogP contribution in [0.2, 0.25) is 0 Å². The molecule has 1 aliphatic rings. The SMILES string of the molecule is CC1CN(C=O)CN1. The molecule has 0 aromatic rings. The second kappa shape index (κ2) is 2.13. The van der Waals surface area contributed by atoms with Crippen molar-refractivity contribution in [1.29, 1.82) is 0 Å². The quantitative estimate of drug-likeness (QED) is 0.461. The molecule has 0 aromatic heterocycles. The molecule has 3 nitrogen and oxygen atoms in total. The van der Waals surface area contributed by atoms with Gasteiger partial charge in [0.25, 0.3) is 0 Å². The van der Waals surface area contributed by atoms with E-state index in [1.54, 1.807) is 4.90 Å². The molecule has 3 heteroatoms. The van der Waals surface area contributed by atoms with Gasteiger partial charge < -0.3 is 4.90 Å². The van der Waals surface area contributed by atoms with Gasteiger partial charge in [-0.1, -0.05) is 0 Å². The summed E-state index contributed by atoms with van der Waals surface area (Å²) in [5, 5.41) is 3.12. The summed E-state index contributed by atoms with van der Waals surface area (Å²) in [4.78, 5) is 11.8. The molecule has 8 heavy (non-hydrogen) atoms. The number of hydrogen-bond donors (Lipinski definition) is 1. The number of amides is 1. The minimum atomic E-state index is 0.472. The molecule has 46 valence electrons. The van der Waals surface area contributed by atoms with Gasteiger partial charge >= 0.3 is 0 Å². The van der Waals surface area contributed by atoms with Crippen LogP contribution in [-0.4, -0.2) is 30.6 Å². The molecule has 1 rings (SSSR count). The van der Waals surface area contributed by atoms with Crippen LogP contribution in [0.15, 0.2) is 0 Å². The second-order valence-electron chi connectivity index (χ2n) is 2.14. The maximum Gasteiger partial charge on any atom is 0.210 e. The normalized spacial score (nSPS) is 28.6. The molecule has 0 radical (unpaired) electrons. The van der Waals surface area contributed by atoms with Gasteiger partial charge in [0.15, 0.2) is 0 Å². The summed E-state index contributed by atoms with van der Waals surface area (Å²) in [5.41, 5.74) is 0. The van der Waals surface area contributed by atoms with Gasteiger partial charge in [-0.3, -0.25) is 10.1 Å². The van der Waals surface area contributed by atoms with Crippen LogP contribution < -0.4 is 5.32 Å². The summed E-state index contributed by atoms with van der Waals surface area (Å²) < 4.78 is 0. The van der Waals surface area contributed by atoms with Gasteiger partial charge in [0.2, 0.25) is 6.41 Å². The van der Waals surface area contributed by atoms with Crippen molar-refractivity contribution < 1.29 is 4.79 Å². The summed E-state index contributed by atoms with van der Waals surface area (Å²) in [6, 6.07) is 0.472. The van der Waals surface area contributed by atoms with Crippen molar-refractivity contribution in [3.8, 4) is 0 Å². The zero-order chi connectivity index (χ0) is 5.98. The molecule has 1 N–H and O–H groups in total. The Hall–Kier alpha value is -0.570. The highest BCUT2D eigenvalue weighted by Crippen LogP contribution is 1.94. The summed E-state index contributed by atoms with van der Waals surface area (Å²) in [7, 11) is 0. The van der Waals surface area contributed by atoms with E-state index in [-0.39, 0.29) is 0 Å². The van der Waals surface area contributed by atoms with Gasteiger partial charge in [-0.2, -0.15) is 0 Å². The minimum absolute atomic E-state index is 0.472. The van der Waals surface area contributed by atoms with Crippen LogP contribution in [0, 0.1) is 0 Å². The predicted molar refractivity (Wildman–Crippen MR) is 30.2 cm³/mol. The highest BCUT2D eigenvalue weighted by molar-refractivity contribution is 5.47. The van der Waals surface area contributed by atoms with E-state index in [1.807, 2.05) is 0 Å². The van der Waals surface area contributed by atoms with Gasteiger partial charge in [0.1, 0.15) is 0 Å². The molecular weight excluding hydrogens is 104 g/mol. The van der Waals surface area contributed by atoms with Crippen molar-refractivity contribution in [2.75, 3.05) is 13.2 Å². The molecular formula is C5H10N2O. The zero-order valence-electron chi connectivity index (χ0n) is 4.92. The third-order valence-corrected chi connectivity index (χ3v) is 1.30. The van der Waals surface area contributed by atoms with Crippen molar-refractivity contribution in [3.63, 3.8) is 0 Å². The van der Waals surface area contributed by atoms with Crippen molar-refractivity contribution in [3.05, 3.63) is 0 Å². The van der Waals surface area contributed by atoms with Gasteiger partial charge in [0, 0.05) is 12.6 Å². The lowest BCUT2D eigenvalue weighted by Gasteiger charge is -2.03. The highest BCUT2D eigenvalue weighted by Gasteiger charge is 2.14. The van der Waals surface area contributed by atoms with Crippen LogP contribution in [0.3, 0.4) is 0 Å². The lowest BCUT2D eigenvalue weighted by molar-refractivity contribution is -0.117. The van der Waals surface area contributed by atoms with Crippen LogP contribution in [0.5, 0.6) is 0 Å². The Bertz CT molecular complexity index is 94.4. The molecule has 0 bridgehead atoms. The Morgan fingerprint density at radius 1 is 1.88 bits per heavy atom. The van der Waals surface area contributed by atoms with Crippen molar-refractivity contribution in [2.45, 2.75) is 13.0 Å². The highest BCUT2D eigenvalue weighted by atomic mass is 16.1. The van der Waals surface area contributed by atoms with E-state index in [9.17, 15) is 4.79 Å². The van der Waals surface area contributed by atoms with E-state index in [1.165, 1.54) is 0 Å². The van der Waals surface area contributed by atoms with Crippen LogP contribution in [-0.2, 0) is 4.79 Å². The molecule has 0 saturated carbocycles. The van der Waals surface area contributed by atoms with E-state index < -0.39 is 0 Å². The average molecular weight is 114 g/mol. The monoisotopic (exact) mass is 114 g/mol. The fraction of sp³-hybridized carbons (Fsp3) is 0.800. The molecule has 0 aliphatic carbocycles. The van der Waals surface area contributed by atoms with Crippen molar-refractivity contribution >= 4 is 6.41 Å².